The fourth-order valence-corrected chi connectivity index (χ4v) is 52.4. The summed E-state index contributed by atoms with van der Waals surface area (Å²) in [6, 6.07) is 0.379. The van der Waals surface area contributed by atoms with Crippen molar-refractivity contribution in [2.45, 2.75) is 89.8 Å². The zero-order valence-electron chi connectivity index (χ0n) is 22.1. The maximum absolute atomic E-state index is 10.3. The second-order valence-corrected chi connectivity index (χ2v) is 35.0. The van der Waals surface area contributed by atoms with Crippen LogP contribution in [0.1, 0.15) is 25.7 Å². The third-order valence-corrected chi connectivity index (χ3v) is 42.9. The van der Waals surface area contributed by atoms with Crippen LogP contribution in [0.3, 0.4) is 0 Å². The minimum absolute atomic E-state index is 0.146. The fourth-order valence-electron chi connectivity index (χ4n) is 6.39. The minimum atomic E-state index is -3.71. The Morgan fingerprint density at radius 1 is 0.486 bits per heavy atom. The highest BCUT2D eigenvalue weighted by molar-refractivity contribution is 7.02. The lowest BCUT2D eigenvalue weighted by Gasteiger charge is -2.60. The second-order valence-electron chi connectivity index (χ2n) is 11.3. The molecule has 212 valence electrons. The van der Waals surface area contributed by atoms with Crippen molar-refractivity contribution in [1.29, 1.82) is 0 Å². The van der Waals surface area contributed by atoms with Crippen LogP contribution in [0.4, 0.5) is 0 Å². The summed E-state index contributed by atoms with van der Waals surface area (Å²) < 4.78 is 79.7. The van der Waals surface area contributed by atoms with Crippen molar-refractivity contribution >= 4 is 70.4 Å². The Hall–Kier alpha value is 1.18. The molecule has 22 heteroatoms. The van der Waals surface area contributed by atoms with E-state index in [1.807, 2.05) is 0 Å². The Kier molecular flexibility index (Phi) is 6.58. The number of aliphatic hydroxyl groups excluding tert-OH is 2. The smallest absolute Gasteiger partial charge is 0.390 e. The van der Waals surface area contributed by atoms with Crippen molar-refractivity contribution in [3.05, 3.63) is 0 Å². The van der Waals surface area contributed by atoms with E-state index in [-0.39, 0.29) is 5.92 Å². The summed E-state index contributed by atoms with van der Waals surface area (Å²) in [7, 11) is -28.6. The average Bonchev–Trinajstić information content (AvgIpc) is 2.60. The van der Waals surface area contributed by atoms with Crippen molar-refractivity contribution in [1.82, 2.24) is 0 Å². The molecular weight excluding hydrogens is 629 g/mol. The fraction of sp³-hybridized carbons (Fsp3) is 1.00. The summed E-state index contributed by atoms with van der Waals surface area (Å²) in [5.41, 5.74) is 0. The van der Waals surface area contributed by atoms with E-state index in [0.717, 1.165) is 6.42 Å². The van der Waals surface area contributed by atoms with E-state index in [4.69, 9.17) is 49.4 Å². The maximum atomic E-state index is 10.3. The molecule has 1 saturated carbocycles. The molecule has 8 bridgehead atoms. The van der Waals surface area contributed by atoms with Crippen molar-refractivity contribution in [3.63, 3.8) is 0 Å². The third-order valence-electron chi connectivity index (χ3n) is 7.11. The molecular formula is C15H36O14Si8. The molecule has 2 N–H and O–H groups in total. The lowest BCUT2D eigenvalue weighted by atomic mass is 9.84. The minimum Gasteiger partial charge on any atom is -0.390 e. The number of rotatable bonds is 3. The zero-order chi connectivity index (χ0) is 26.8. The molecule has 0 amide bonds. The molecule has 3 unspecified atom stereocenters. The van der Waals surface area contributed by atoms with E-state index >= 15 is 0 Å². The van der Waals surface area contributed by atoms with E-state index in [1.165, 1.54) is 0 Å². The molecule has 37 heavy (non-hydrogen) atoms. The number of aliphatic hydroxyl groups is 2. The summed E-state index contributed by atoms with van der Waals surface area (Å²) in [6.07, 6.45) is 0.954. The molecule has 0 spiro atoms. The van der Waals surface area contributed by atoms with Gasteiger partial charge in [-0.15, -0.1) is 0 Å². The molecule has 7 rings (SSSR count). The van der Waals surface area contributed by atoms with Crippen LogP contribution in [-0.4, -0.2) is 92.9 Å². The van der Waals surface area contributed by atoms with Gasteiger partial charge in [0, 0.05) is 51.9 Å². The molecule has 6 saturated heterocycles. The van der Waals surface area contributed by atoms with Gasteiger partial charge in [0.05, 0.1) is 12.2 Å². The average molecular weight is 665 g/mol. The first kappa shape index (κ1) is 28.3. The Morgan fingerprint density at radius 3 is 1.14 bits per heavy atom. The molecule has 0 radical (unpaired) electrons. The van der Waals surface area contributed by atoms with Gasteiger partial charge in [-0.25, -0.2) is 0 Å². The van der Waals surface area contributed by atoms with Gasteiger partial charge in [-0.2, -0.15) is 0 Å². The molecule has 6 heterocycles. The highest BCUT2D eigenvalue weighted by Crippen LogP contribution is 2.49. The first-order valence-electron chi connectivity index (χ1n) is 12.6. The van der Waals surface area contributed by atoms with E-state index < -0.39 is 82.6 Å². The summed E-state index contributed by atoms with van der Waals surface area (Å²) in [5.74, 6) is 0.146. The Labute approximate surface area is 225 Å². The third kappa shape index (κ3) is 5.41. The molecule has 1 aliphatic carbocycles. The van der Waals surface area contributed by atoms with Gasteiger partial charge in [0.25, 0.3) is 0 Å². The summed E-state index contributed by atoms with van der Waals surface area (Å²) in [6.45, 7) is 12.3. The van der Waals surface area contributed by atoms with Crippen LogP contribution >= 0.6 is 0 Å². The molecule has 0 aromatic rings. The van der Waals surface area contributed by atoms with Crippen LogP contribution in [0.2, 0.25) is 51.9 Å². The Morgan fingerprint density at radius 2 is 0.811 bits per heavy atom. The lowest BCUT2D eigenvalue weighted by Crippen LogP contribution is -2.86. The highest BCUT2D eigenvalue weighted by atomic mass is 28.6. The highest BCUT2D eigenvalue weighted by Gasteiger charge is 2.78. The van der Waals surface area contributed by atoms with Gasteiger partial charge in [-0.1, -0.05) is 0 Å². The monoisotopic (exact) mass is 664 g/mol. The Bertz CT molecular complexity index is 851. The van der Waals surface area contributed by atoms with Crippen molar-refractivity contribution < 1.29 is 59.6 Å². The SMILES string of the molecule is C[Si]12O[Si]3(C)O[Si]4(C)O[Si](C)(O1)O[Si]1(C)O[Si](C)(O2)O[Si](C)(O3)O[Si](CCC2CCC(O)C(O)C2)(O4)O1. The topological polar surface area (TPSA) is 151 Å². The van der Waals surface area contributed by atoms with Crippen molar-refractivity contribution in [3.8, 4) is 0 Å². The van der Waals surface area contributed by atoms with E-state index in [1.54, 1.807) is 45.8 Å². The van der Waals surface area contributed by atoms with Crippen LogP contribution < -0.4 is 0 Å². The van der Waals surface area contributed by atoms with Crippen LogP contribution in [0.15, 0.2) is 0 Å². The van der Waals surface area contributed by atoms with Crippen molar-refractivity contribution in [2.75, 3.05) is 0 Å². The van der Waals surface area contributed by atoms with Crippen LogP contribution in [0.25, 0.3) is 0 Å². The van der Waals surface area contributed by atoms with Gasteiger partial charge >= 0.3 is 70.4 Å². The zero-order valence-corrected chi connectivity index (χ0v) is 30.1. The van der Waals surface area contributed by atoms with Gasteiger partial charge < -0.3 is 59.6 Å². The molecule has 6 aliphatic heterocycles. The maximum Gasteiger partial charge on any atom is 0.478 e. The molecule has 7 fully saturated rings. The predicted molar refractivity (Wildman–Crippen MR) is 139 cm³/mol. The largest absolute Gasteiger partial charge is 0.478 e. The van der Waals surface area contributed by atoms with E-state index in [2.05, 4.69) is 0 Å². The standard InChI is InChI=1S/C15H36O14Si8/c1-30-18-31(2)21-34(5)23-32(3,19-30)25-36(7)26-33(4,20-30)24-35(6,22-31)28-37(27-34,29-36)11-10-13-8-9-14(16)15(17)12-13/h13-17H,8-12H2,1-7H3. The van der Waals surface area contributed by atoms with Gasteiger partial charge in [-0.3, -0.25) is 0 Å². The summed E-state index contributed by atoms with van der Waals surface area (Å²) >= 11 is 0. The van der Waals surface area contributed by atoms with Gasteiger partial charge in [0.1, 0.15) is 0 Å². The second kappa shape index (κ2) is 8.61. The molecule has 7 aliphatic rings. The molecule has 0 aromatic carbocycles. The quantitative estimate of drug-likeness (QED) is 0.414. The number of hydrogen-bond acceptors (Lipinski definition) is 14. The first-order chi connectivity index (χ1) is 16.9. The summed E-state index contributed by atoms with van der Waals surface area (Å²) in [4.78, 5) is 0. The normalized spacial score (nSPS) is 61.4. The predicted octanol–water partition coefficient (Wildman–Crippen LogP) is 1.09. The molecule has 14 nitrogen and oxygen atoms in total. The Balaban J connectivity index is 1.44. The summed E-state index contributed by atoms with van der Waals surface area (Å²) in [5, 5.41) is 20.2. The first-order valence-corrected chi connectivity index (χ1v) is 30.1. The van der Waals surface area contributed by atoms with Gasteiger partial charge in [0.15, 0.2) is 0 Å². The van der Waals surface area contributed by atoms with E-state index in [0.29, 0.717) is 25.3 Å². The van der Waals surface area contributed by atoms with Crippen LogP contribution in [-0.2, 0) is 49.4 Å². The molecule has 3 atom stereocenters. The number of hydrogen-bond donors (Lipinski definition) is 2. The van der Waals surface area contributed by atoms with E-state index in [9.17, 15) is 10.2 Å². The lowest BCUT2D eigenvalue weighted by molar-refractivity contribution is -0.0290. The van der Waals surface area contributed by atoms with Crippen LogP contribution in [0, 0.1) is 5.92 Å². The van der Waals surface area contributed by atoms with Crippen molar-refractivity contribution in [2.24, 2.45) is 5.92 Å². The van der Waals surface area contributed by atoms with Gasteiger partial charge in [0.2, 0.25) is 0 Å². The van der Waals surface area contributed by atoms with Gasteiger partial charge in [-0.05, 0) is 31.6 Å². The van der Waals surface area contributed by atoms with Crippen LogP contribution in [0.5, 0.6) is 0 Å². The molecule has 0 aromatic heterocycles.